The molecule has 2 N–H and O–H groups in total. The molecule has 0 amide bonds. The van der Waals surface area contributed by atoms with Crippen molar-refractivity contribution in [1.82, 2.24) is 19.9 Å². The third-order valence-corrected chi connectivity index (χ3v) is 6.24. The largest absolute Gasteiger partial charge is 0.395 e. The molecular formula is C21H23F2N5OS. The minimum Gasteiger partial charge on any atom is -0.395 e. The summed E-state index contributed by atoms with van der Waals surface area (Å²) in [6.45, 7) is 2.68. The van der Waals surface area contributed by atoms with Crippen LogP contribution in [0.25, 0.3) is 10.4 Å². The van der Waals surface area contributed by atoms with Crippen molar-refractivity contribution in [2.45, 2.75) is 19.3 Å². The minimum atomic E-state index is -0.399. The Balaban J connectivity index is 1.40. The number of benzene rings is 1. The van der Waals surface area contributed by atoms with Gasteiger partial charge in [0.25, 0.3) is 0 Å². The van der Waals surface area contributed by atoms with Gasteiger partial charge in [0.15, 0.2) is 10.9 Å². The highest BCUT2D eigenvalue weighted by molar-refractivity contribution is 7.18. The predicted molar refractivity (Wildman–Crippen MR) is 113 cm³/mol. The number of likely N-dealkylation sites (tertiary alicyclic amines) is 1. The molecule has 0 spiro atoms. The second-order valence-corrected chi connectivity index (χ2v) is 8.39. The fourth-order valence-electron chi connectivity index (χ4n) is 3.61. The average molecular weight is 432 g/mol. The summed E-state index contributed by atoms with van der Waals surface area (Å²) in [5, 5.41) is 12.7. The molecule has 3 heterocycles. The van der Waals surface area contributed by atoms with Gasteiger partial charge in [0.05, 0.1) is 23.4 Å². The lowest BCUT2D eigenvalue weighted by atomic mass is 9.92. The van der Waals surface area contributed by atoms with E-state index in [9.17, 15) is 8.78 Å². The van der Waals surface area contributed by atoms with Crippen molar-refractivity contribution < 1.29 is 13.9 Å². The Labute approximate surface area is 177 Å². The van der Waals surface area contributed by atoms with Gasteiger partial charge in [0.1, 0.15) is 5.82 Å². The summed E-state index contributed by atoms with van der Waals surface area (Å²) < 4.78 is 27.4. The first kappa shape index (κ1) is 20.8. The van der Waals surface area contributed by atoms with Gasteiger partial charge in [0.2, 0.25) is 5.95 Å². The van der Waals surface area contributed by atoms with E-state index in [0.717, 1.165) is 36.4 Å². The lowest BCUT2D eigenvalue weighted by molar-refractivity contribution is 0.147. The molecule has 0 radical (unpaired) electrons. The number of aliphatic hydroxyl groups excluding tert-OH is 1. The smallest absolute Gasteiger partial charge is 0.229 e. The van der Waals surface area contributed by atoms with E-state index in [-0.39, 0.29) is 12.4 Å². The van der Waals surface area contributed by atoms with Crippen LogP contribution in [0.4, 0.5) is 19.9 Å². The Morgan fingerprint density at radius 2 is 1.87 bits per heavy atom. The van der Waals surface area contributed by atoms with Crippen molar-refractivity contribution in [2.75, 3.05) is 31.6 Å². The number of aromatic nitrogens is 3. The van der Waals surface area contributed by atoms with Crippen LogP contribution in [0, 0.1) is 17.6 Å². The highest BCUT2D eigenvalue weighted by atomic mass is 32.1. The van der Waals surface area contributed by atoms with E-state index in [1.807, 2.05) is 0 Å². The zero-order chi connectivity index (χ0) is 20.9. The summed E-state index contributed by atoms with van der Waals surface area (Å²) >= 11 is 1.39. The first-order valence-corrected chi connectivity index (χ1v) is 10.8. The van der Waals surface area contributed by atoms with Gasteiger partial charge < -0.3 is 15.3 Å². The van der Waals surface area contributed by atoms with Crippen LogP contribution in [-0.2, 0) is 6.42 Å². The fourth-order valence-corrected chi connectivity index (χ4v) is 4.43. The fraction of sp³-hybridized carbons (Fsp3) is 0.381. The molecule has 4 rings (SSSR count). The molecule has 0 bridgehead atoms. The number of anilines is 2. The Kier molecular flexibility index (Phi) is 6.61. The first-order valence-electron chi connectivity index (χ1n) is 9.94. The summed E-state index contributed by atoms with van der Waals surface area (Å²) in [6.07, 6.45) is 5.37. The zero-order valence-corrected chi connectivity index (χ0v) is 17.2. The van der Waals surface area contributed by atoms with E-state index in [0.29, 0.717) is 35.7 Å². The molecule has 0 atom stereocenters. The van der Waals surface area contributed by atoms with Gasteiger partial charge in [-0.1, -0.05) is 23.5 Å². The van der Waals surface area contributed by atoms with Crippen LogP contribution in [-0.4, -0.2) is 51.2 Å². The Hall–Kier alpha value is -2.49. The number of rotatable bonds is 7. The molecule has 9 heteroatoms. The van der Waals surface area contributed by atoms with Crippen LogP contribution in [0.2, 0.25) is 0 Å². The highest BCUT2D eigenvalue weighted by Crippen LogP contribution is 2.30. The molecule has 158 valence electrons. The molecule has 3 aromatic rings. The van der Waals surface area contributed by atoms with Crippen molar-refractivity contribution >= 4 is 22.4 Å². The molecule has 0 saturated carbocycles. The van der Waals surface area contributed by atoms with Crippen LogP contribution in [0.5, 0.6) is 0 Å². The standard InChI is InChI=1S/C21H23F2N5OS/c22-16-3-1-15(2-4-16)19-13-25-21(30-19)27-20-24-12-17(23)18(26-20)11-14-5-7-28(8-6-14)9-10-29/h1-4,12-14,29H,5-11H2,(H,24,25,26,27). The van der Waals surface area contributed by atoms with Crippen molar-refractivity contribution in [1.29, 1.82) is 0 Å². The van der Waals surface area contributed by atoms with Crippen molar-refractivity contribution in [3.05, 3.63) is 54.0 Å². The molecule has 1 aliphatic rings. The van der Waals surface area contributed by atoms with Crippen LogP contribution in [0.15, 0.2) is 36.7 Å². The molecule has 30 heavy (non-hydrogen) atoms. The Morgan fingerprint density at radius 3 is 2.60 bits per heavy atom. The summed E-state index contributed by atoms with van der Waals surface area (Å²) in [5.41, 5.74) is 1.28. The molecule has 0 unspecified atom stereocenters. The van der Waals surface area contributed by atoms with Gasteiger partial charge in [-0.05, 0) is 56.0 Å². The number of hydrogen-bond acceptors (Lipinski definition) is 7. The third kappa shape index (κ3) is 5.16. The maximum atomic E-state index is 14.3. The van der Waals surface area contributed by atoms with Crippen LogP contribution in [0.3, 0.4) is 0 Å². The predicted octanol–water partition coefficient (Wildman–Crippen LogP) is 3.87. The first-order chi connectivity index (χ1) is 14.6. The van der Waals surface area contributed by atoms with E-state index < -0.39 is 5.82 Å². The number of β-amino-alcohol motifs (C(OH)–C–C–N with tert-alkyl or cyclic N) is 1. The lowest BCUT2D eigenvalue weighted by Gasteiger charge is -2.31. The number of nitrogens with zero attached hydrogens (tertiary/aromatic N) is 4. The van der Waals surface area contributed by atoms with E-state index in [2.05, 4.69) is 25.2 Å². The third-order valence-electron chi connectivity index (χ3n) is 5.28. The van der Waals surface area contributed by atoms with Gasteiger partial charge in [-0.3, -0.25) is 0 Å². The average Bonchev–Trinajstić information content (AvgIpc) is 3.21. The van der Waals surface area contributed by atoms with Gasteiger partial charge in [-0.2, -0.15) is 0 Å². The number of piperidine rings is 1. The number of hydrogen-bond donors (Lipinski definition) is 2. The lowest BCUT2D eigenvalue weighted by Crippen LogP contribution is -2.36. The molecule has 1 saturated heterocycles. The Bertz CT molecular complexity index is 974. The SMILES string of the molecule is OCCN1CCC(Cc2nc(Nc3ncc(-c4ccc(F)cc4)s3)ncc2F)CC1. The molecule has 6 nitrogen and oxygen atoms in total. The van der Waals surface area contributed by atoms with Crippen LogP contribution in [0.1, 0.15) is 18.5 Å². The molecule has 2 aromatic heterocycles. The molecular weight excluding hydrogens is 408 g/mol. The quantitative estimate of drug-likeness (QED) is 0.592. The van der Waals surface area contributed by atoms with Gasteiger partial charge in [0, 0.05) is 12.7 Å². The summed E-state index contributed by atoms with van der Waals surface area (Å²) in [7, 11) is 0. The monoisotopic (exact) mass is 431 g/mol. The Morgan fingerprint density at radius 1 is 1.10 bits per heavy atom. The van der Waals surface area contributed by atoms with Crippen molar-refractivity contribution in [3.63, 3.8) is 0 Å². The van der Waals surface area contributed by atoms with Crippen molar-refractivity contribution in [2.24, 2.45) is 5.92 Å². The van der Waals surface area contributed by atoms with Crippen LogP contribution < -0.4 is 5.32 Å². The molecule has 1 aliphatic heterocycles. The van der Waals surface area contributed by atoms with Gasteiger partial charge in [-0.25, -0.2) is 23.7 Å². The van der Waals surface area contributed by atoms with Crippen molar-refractivity contribution in [3.8, 4) is 10.4 Å². The van der Waals surface area contributed by atoms with E-state index >= 15 is 0 Å². The van der Waals surface area contributed by atoms with Gasteiger partial charge in [-0.15, -0.1) is 0 Å². The maximum Gasteiger partial charge on any atom is 0.229 e. The second kappa shape index (κ2) is 9.55. The minimum absolute atomic E-state index is 0.167. The molecule has 1 aromatic carbocycles. The topological polar surface area (TPSA) is 74.2 Å². The summed E-state index contributed by atoms with van der Waals surface area (Å²) in [5.74, 6) is -0.0105. The zero-order valence-electron chi connectivity index (χ0n) is 16.4. The second-order valence-electron chi connectivity index (χ2n) is 7.36. The summed E-state index contributed by atoms with van der Waals surface area (Å²) in [4.78, 5) is 15.8. The highest BCUT2D eigenvalue weighted by Gasteiger charge is 2.21. The number of aliphatic hydroxyl groups is 1. The van der Waals surface area contributed by atoms with E-state index in [1.54, 1.807) is 18.3 Å². The molecule has 1 fully saturated rings. The van der Waals surface area contributed by atoms with Crippen LogP contribution >= 0.6 is 11.3 Å². The summed E-state index contributed by atoms with van der Waals surface area (Å²) in [6, 6.07) is 6.22. The normalized spacial score (nSPS) is 15.4. The number of halogens is 2. The van der Waals surface area contributed by atoms with Gasteiger partial charge >= 0.3 is 0 Å². The molecule has 0 aliphatic carbocycles. The van der Waals surface area contributed by atoms with E-state index in [1.165, 1.54) is 29.7 Å². The van der Waals surface area contributed by atoms with E-state index in [4.69, 9.17) is 5.11 Å². The number of nitrogens with one attached hydrogen (secondary N) is 1. The maximum absolute atomic E-state index is 14.3. The number of thiazole rings is 1.